The van der Waals surface area contributed by atoms with Crippen LogP contribution in [0.3, 0.4) is 0 Å². The van der Waals surface area contributed by atoms with Crippen molar-refractivity contribution in [2.45, 2.75) is 70.0 Å². The van der Waals surface area contributed by atoms with E-state index >= 15 is 0 Å². The fourth-order valence-corrected chi connectivity index (χ4v) is 5.85. The number of hydrogen-bond acceptors (Lipinski definition) is 2. The zero-order valence-corrected chi connectivity index (χ0v) is 15.8. The second kappa shape index (κ2) is 7.16. The summed E-state index contributed by atoms with van der Waals surface area (Å²) >= 11 is 0. The first-order valence-corrected chi connectivity index (χ1v) is 10.2. The van der Waals surface area contributed by atoms with Crippen LogP contribution in [0.4, 0.5) is 8.78 Å². The van der Waals surface area contributed by atoms with Crippen molar-refractivity contribution in [3.8, 4) is 0 Å². The first-order valence-electron chi connectivity index (χ1n) is 10.2. The Balaban J connectivity index is 1.22. The first kappa shape index (κ1) is 18.9. The van der Waals surface area contributed by atoms with E-state index in [1.807, 2.05) is 0 Å². The molecule has 2 unspecified atom stereocenters. The third-order valence-corrected chi connectivity index (χ3v) is 6.99. The molecule has 1 aliphatic heterocycles. The lowest BCUT2D eigenvalue weighted by molar-refractivity contribution is -0.227. The number of aliphatic hydroxyl groups is 1. The molecule has 2 bridgehead atoms. The van der Waals surface area contributed by atoms with Crippen molar-refractivity contribution < 1.29 is 18.7 Å². The lowest BCUT2D eigenvalue weighted by Crippen LogP contribution is -2.63. The molecule has 0 radical (unpaired) electrons. The van der Waals surface area contributed by atoms with Gasteiger partial charge in [0.1, 0.15) is 12.0 Å². The highest BCUT2D eigenvalue weighted by Gasteiger charge is 2.66. The van der Waals surface area contributed by atoms with Gasteiger partial charge in [0.05, 0.1) is 12.6 Å². The smallest absolute Gasteiger partial charge is 0.223 e. The minimum Gasteiger partial charge on any atom is -0.396 e. The Morgan fingerprint density at radius 3 is 2.67 bits per heavy atom. The highest BCUT2D eigenvalue weighted by Crippen LogP contribution is 2.74. The van der Waals surface area contributed by atoms with E-state index in [2.05, 4.69) is 0 Å². The van der Waals surface area contributed by atoms with Gasteiger partial charge in [0.15, 0.2) is 0 Å². The summed E-state index contributed by atoms with van der Waals surface area (Å²) in [5.41, 5.74) is 1.44. The molecular weight excluding hydrogens is 348 g/mol. The number of aliphatic hydroxyl groups excluding tert-OH is 1. The number of unbranched alkanes of at least 4 members (excludes halogenated alkanes) is 2. The molecule has 4 fully saturated rings. The minimum absolute atomic E-state index is 0.0193. The molecule has 0 spiro atoms. The average molecular weight is 377 g/mol. The number of halogens is 2. The highest BCUT2D eigenvalue weighted by atomic mass is 19.1. The van der Waals surface area contributed by atoms with E-state index in [0.717, 1.165) is 19.3 Å². The van der Waals surface area contributed by atoms with Crippen molar-refractivity contribution in [3.05, 3.63) is 35.6 Å². The van der Waals surface area contributed by atoms with Crippen molar-refractivity contribution in [2.24, 2.45) is 10.8 Å². The molecule has 1 N–H and O–H groups in total. The Labute approximate surface area is 159 Å². The van der Waals surface area contributed by atoms with E-state index in [1.165, 1.54) is 37.8 Å². The van der Waals surface area contributed by atoms with Crippen molar-refractivity contribution in [1.29, 1.82) is 0 Å². The van der Waals surface area contributed by atoms with E-state index < -0.39 is 6.17 Å². The first-order chi connectivity index (χ1) is 12.9. The molecule has 3 aliphatic carbocycles. The molecule has 148 valence electrons. The Hall–Kier alpha value is -1.49. The van der Waals surface area contributed by atoms with Crippen LogP contribution in [0, 0.1) is 16.6 Å². The van der Waals surface area contributed by atoms with E-state index in [4.69, 9.17) is 0 Å². The fourth-order valence-electron chi connectivity index (χ4n) is 5.85. The van der Waals surface area contributed by atoms with Crippen LogP contribution in [-0.4, -0.2) is 35.2 Å². The maximum absolute atomic E-state index is 13.9. The van der Waals surface area contributed by atoms with Gasteiger partial charge >= 0.3 is 0 Å². The standard InChI is InChI=1S/C22H29F2NO2/c23-17-6-4-5-16(9-17)19-10-18(24)11-25(19)20(27)7-2-1-3-8-21-12-22(13-21,14-21)15-26/h4-6,9,18-19,26H,1-3,7-8,10-15H2. The summed E-state index contributed by atoms with van der Waals surface area (Å²) in [6.45, 7) is 0.452. The zero-order chi connectivity index (χ0) is 19.1. The predicted molar refractivity (Wildman–Crippen MR) is 99.3 cm³/mol. The van der Waals surface area contributed by atoms with Crippen LogP contribution >= 0.6 is 0 Å². The lowest BCUT2D eigenvalue weighted by Gasteiger charge is -2.71. The van der Waals surface area contributed by atoms with Crippen LogP contribution in [0.5, 0.6) is 0 Å². The van der Waals surface area contributed by atoms with E-state index in [0.29, 0.717) is 24.0 Å². The van der Waals surface area contributed by atoms with Crippen LogP contribution in [0.2, 0.25) is 0 Å². The number of carbonyl (C=O) groups is 1. The van der Waals surface area contributed by atoms with Crippen LogP contribution in [0.1, 0.15) is 69.4 Å². The van der Waals surface area contributed by atoms with Gasteiger partial charge in [0.2, 0.25) is 5.91 Å². The van der Waals surface area contributed by atoms with Gasteiger partial charge < -0.3 is 10.0 Å². The van der Waals surface area contributed by atoms with Crippen molar-refractivity contribution in [2.75, 3.05) is 13.2 Å². The van der Waals surface area contributed by atoms with Gasteiger partial charge in [-0.15, -0.1) is 0 Å². The van der Waals surface area contributed by atoms with Gasteiger partial charge in [-0.3, -0.25) is 4.79 Å². The van der Waals surface area contributed by atoms with Crippen LogP contribution in [0.25, 0.3) is 0 Å². The van der Waals surface area contributed by atoms with Gasteiger partial charge in [0, 0.05) is 19.4 Å². The zero-order valence-electron chi connectivity index (χ0n) is 15.8. The third kappa shape index (κ3) is 3.63. The second-order valence-electron chi connectivity index (χ2n) is 9.20. The molecule has 0 aromatic heterocycles. The number of hydrogen-bond donors (Lipinski definition) is 1. The normalized spacial score (nSPS) is 34.3. The summed E-state index contributed by atoms with van der Waals surface area (Å²) in [4.78, 5) is 14.2. The summed E-state index contributed by atoms with van der Waals surface area (Å²) in [5.74, 6) is -0.368. The summed E-state index contributed by atoms with van der Waals surface area (Å²) in [5, 5.41) is 9.32. The molecule has 5 heteroatoms. The average Bonchev–Trinajstić information content (AvgIpc) is 2.97. The second-order valence-corrected chi connectivity index (χ2v) is 9.20. The van der Waals surface area contributed by atoms with Gasteiger partial charge in [-0.25, -0.2) is 8.78 Å². The van der Waals surface area contributed by atoms with Gasteiger partial charge in [-0.1, -0.05) is 25.0 Å². The van der Waals surface area contributed by atoms with Crippen molar-refractivity contribution in [1.82, 2.24) is 4.90 Å². The number of amides is 1. The maximum atomic E-state index is 13.9. The molecule has 3 saturated carbocycles. The lowest BCUT2D eigenvalue weighted by atomic mass is 9.34. The SMILES string of the molecule is O=C(CCCCCC12CC(CO)(C1)C2)N1CC(F)CC1c1cccc(F)c1. The quantitative estimate of drug-likeness (QED) is 0.675. The third-order valence-electron chi connectivity index (χ3n) is 6.99. The summed E-state index contributed by atoms with van der Waals surface area (Å²) < 4.78 is 27.5. The topological polar surface area (TPSA) is 40.5 Å². The number of alkyl halides is 1. The Kier molecular flexibility index (Phi) is 5.00. The maximum Gasteiger partial charge on any atom is 0.223 e. The Morgan fingerprint density at radius 1 is 1.19 bits per heavy atom. The molecule has 1 saturated heterocycles. The van der Waals surface area contributed by atoms with Crippen LogP contribution in [-0.2, 0) is 4.79 Å². The van der Waals surface area contributed by atoms with Gasteiger partial charge in [-0.2, -0.15) is 0 Å². The molecule has 4 aliphatic rings. The van der Waals surface area contributed by atoms with Crippen molar-refractivity contribution in [3.63, 3.8) is 0 Å². The Bertz CT molecular complexity index is 688. The Morgan fingerprint density at radius 2 is 1.96 bits per heavy atom. The highest BCUT2D eigenvalue weighted by molar-refractivity contribution is 5.77. The molecule has 1 heterocycles. The van der Waals surface area contributed by atoms with Gasteiger partial charge in [-0.05, 0) is 60.6 Å². The van der Waals surface area contributed by atoms with Crippen molar-refractivity contribution >= 4 is 5.91 Å². The number of benzene rings is 1. The van der Waals surface area contributed by atoms with Crippen LogP contribution < -0.4 is 0 Å². The van der Waals surface area contributed by atoms with E-state index in [1.54, 1.807) is 17.0 Å². The number of nitrogens with zero attached hydrogens (tertiary/aromatic N) is 1. The molecule has 27 heavy (non-hydrogen) atoms. The summed E-state index contributed by atoms with van der Waals surface area (Å²) in [6.07, 6.45) is 7.34. The summed E-state index contributed by atoms with van der Waals surface area (Å²) in [6, 6.07) is 5.82. The van der Waals surface area contributed by atoms with Crippen LogP contribution in [0.15, 0.2) is 24.3 Å². The van der Waals surface area contributed by atoms with Gasteiger partial charge in [0.25, 0.3) is 0 Å². The van der Waals surface area contributed by atoms with E-state index in [-0.39, 0.29) is 36.1 Å². The molecule has 1 aromatic rings. The predicted octanol–water partition coefficient (Wildman–Crippen LogP) is 4.55. The number of likely N-dealkylation sites (tertiary alicyclic amines) is 1. The minimum atomic E-state index is -1.04. The molecule has 1 amide bonds. The largest absolute Gasteiger partial charge is 0.396 e. The molecule has 1 aromatic carbocycles. The monoisotopic (exact) mass is 377 g/mol. The summed E-state index contributed by atoms with van der Waals surface area (Å²) in [7, 11) is 0. The number of rotatable bonds is 8. The molecule has 2 atom stereocenters. The molecule has 3 nitrogen and oxygen atoms in total. The molecular formula is C22H29F2NO2. The molecule has 5 rings (SSSR count). The van der Waals surface area contributed by atoms with E-state index in [9.17, 15) is 18.7 Å². The number of carbonyl (C=O) groups excluding carboxylic acids is 1. The fraction of sp³-hybridized carbons (Fsp3) is 0.682.